The summed E-state index contributed by atoms with van der Waals surface area (Å²) in [4.78, 5) is 0. The molecular formula is C15H14Br2F2N2. The van der Waals surface area contributed by atoms with Gasteiger partial charge in [-0.1, -0.05) is 28.1 Å². The molecule has 21 heavy (non-hydrogen) atoms. The average Bonchev–Trinajstić information content (AvgIpc) is 2.47. The molecule has 0 aliphatic rings. The maximum atomic E-state index is 14.1. The number of hydrazine groups is 1. The molecule has 1 atom stereocenters. The molecule has 0 fully saturated rings. The van der Waals surface area contributed by atoms with Crippen molar-refractivity contribution in [3.63, 3.8) is 0 Å². The van der Waals surface area contributed by atoms with Crippen LogP contribution in [0.15, 0.2) is 39.3 Å². The second-order valence-electron chi connectivity index (χ2n) is 4.70. The van der Waals surface area contributed by atoms with Crippen molar-refractivity contribution in [2.24, 2.45) is 5.84 Å². The van der Waals surface area contributed by atoms with E-state index >= 15 is 0 Å². The Kier molecular flexibility index (Phi) is 5.48. The summed E-state index contributed by atoms with van der Waals surface area (Å²) < 4.78 is 29.1. The van der Waals surface area contributed by atoms with Crippen molar-refractivity contribution in [2.45, 2.75) is 19.4 Å². The third-order valence-corrected chi connectivity index (χ3v) is 4.90. The lowest BCUT2D eigenvalue weighted by atomic mass is 9.95. The molecule has 0 aromatic heterocycles. The summed E-state index contributed by atoms with van der Waals surface area (Å²) >= 11 is 6.52. The summed E-state index contributed by atoms with van der Waals surface area (Å²) in [5.41, 5.74) is 4.52. The first-order valence-corrected chi connectivity index (χ1v) is 7.87. The van der Waals surface area contributed by atoms with E-state index in [2.05, 4.69) is 37.3 Å². The van der Waals surface area contributed by atoms with Gasteiger partial charge in [0.2, 0.25) is 0 Å². The number of halogens is 4. The summed E-state index contributed by atoms with van der Waals surface area (Å²) in [6.07, 6.45) is 0.116. The second kappa shape index (κ2) is 6.96. The van der Waals surface area contributed by atoms with Crippen molar-refractivity contribution in [1.82, 2.24) is 5.43 Å². The van der Waals surface area contributed by atoms with Gasteiger partial charge in [0.1, 0.15) is 11.6 Å². The summed E-state index contributed by atoms with van der Waals surface area (Å²) in [6.45, 7) is 1.93. The van der Waals surface area contributed by atoms with Gasteiger partial charge in [-0.2, -0.15) is 0 Å². The van der Waals surface area contributed by atoms with Crippen LogP contribution in [0.2, 0.25) is 0 Å². The van der Waals surface area contributed by atoms with Gasteiger partial charge in [-0.25, -0.2) is 8.78 Å². The largest absolute Gasteiger partial charge is 0.271 e. The van der Waals surface area contributed by atoms with Crippen LogP contribution in [0.4, 0.5) is 8.78 Å². The van der Waals surface area contributed by atoms with Gasteiger partial charge in [0, 0.05) is 10.0 Å². The quantitative estimate of drug-likeness (QED) is 0.433. The molecular weight excluding hydrogens is 406 g/mol. The topological polar surface area (TPSA) is 38.0 Å². The van der Waals surface area contributed by atoms with Crippen LogP contribution in [0.25, 0.3) is 0 Å². The number of benzene rings is 2. The zero-order valence-corrected chi connectivity index (χ0v) is 14.4. The van der Waals surface area contributed by atoms with E-state index in [1.807, 2.05) is 25.1 Å². The van der Waals surface area contributed by atoms with E-state index in [-0.39, 0.29) is 22.5 Å². The third-order valence-electron chi connectivity index (χ3n) is 3.43. The second-order valence-corrected chi connectivity index (χ2v) is 6.41. The van der Waals surface area contributed by atoms with Crippen LogP contribution in [0.5, 0.6) is 0 Å². The van der Waals surface area contributed by atoms with Crippen LogP contribution in [0.3, 0.4) is 0 Å². The van der Waals surface area contributed by atoms with E-state index in [1.165, 1.54) is 12.1 Å². The summed E-state index contributed by atoms with van der Waals surface area (Å²) in [7, 11) is 0. The fourth-order valence-electron chi connectivity index (χ4n) is 2.22. The van der Waals surface area contributed by atoms with E-state index < -0.39 is 11.6 Å². The van der Waals surface area contributed by atoms with Crippen LogP contribution in [0, 0.1) is 18.6 Å². The predicted molar refractivity (Wildman–Crippen MR) is 86.7 cm³/mol. The average molecular weight is 420 g/mol. The molecule has 2 aromatic carbocycles. The number of nitrogens with two attached hydrogens (primary N) is 1. The van der Waals surface area contributed by atoms with Crippen LogP contribution < -0.4 is 11.3 Å². The Bertz CT molecular complexity index is 662. The summed E-state index contributed by atoms with van der Waals surface area (Å²) in [5.74, 6) is 4.41. The van der Waals surface area contributed by atoms with Crippen molar-refractivity contribution < 1.29 is 8.78 Å². The van der Waals surface area contributed by atoms with Crippen molar-refractivity contribution >= 4 is 31.9 Å². The van der Waals surface area contributed by atoms with Gasteiger partial charge in [0.25, 0.3) is 0 Å². The maximum absolute atomic E-state index is 14.1. The highest BCUT2D eigenvalue weighted by Gasteiger charge is 2.20. The van der Waals surface area contributed by atoms with Gasteiger partial charge in [-0.05, 0) is 58.6 Å². The Morgan fingerprint density at radius 3 is 2.52 bits per heavy atom. The Hall–Kier alpha value is -0.820. The molecule has 2 rings (SSSR count). The number of rotatable bonds is 4. The fourth-order valence-corrected chi connectivity index (χ4v) is 2.97. The number of nitrogens with one attached hydrogen (secondary N) is 1. The van der Waals surface area contributed by atoms with Crippen LogP contribution in [-0.4, -0.2) is 0 Å². The normalized spacial score (nSPS) is 12.5. The zero-order valence-electron chi connectivity index (χ0n) is 11.3. The lowest BCUT2D eigenvalue weighted by Crippen LogP contribution is -2.30. The van der Waals surface area contributed by atoms with Crippen molar-refractivity contribution in [3.05, 3.63) is 67.6 Å². The van der Waals surface area contributed by atoms with Gasteiger partial charge in [0.15, 0.2) is 0 Å². The molecule has 0 aliphatic carbocycles. The van der Waals surface area contributed by atoms with Gasteiger partial charge in [0.05, 0.1) is 10.5 Å². The van der Waals surface area contributed by atoms with E-state index in [9.17, 15) is 8.78 Å². The molecule has 112 valence electrons. The van der Waals surface area contributed by atoms with E-state index in [0.29, 0.717) is 0 Å². The molecule has 3 N–H and O–H groups in total. The van der Waals surface area contributed by atoms with Crippen molar-refractivity contribution in [3.8, 4) is 0 Å². The molecule has 2 aromatic rings. The number of hydrogen-bond donors (Lipinski definition) is 2. The minimum atomic E-state index is -0.595. The number of hydrogen-bond acceptors (Lipinski definition) is 2. The zero-order chi connectivity index (χ0) is 15.6. The minimum Gasteiger partial charge on any atom is -0.271 e. The summed E-state index contributed by atoms with van der Waals surface area (Å²) in [5, 5.41) is 0. The first kappa shape index (κ1) is 16.5. The van der Waals surface area contributed by atoms with Crippen LogP contribution in [-0.2, 0) is 6.42 Å². The van der Waals surface area contributed by atoms with Gasteiger partial charge >= 0.3 is 0 Å². The summed E-state index contributed by atoms with van der Waals surface area (Å²) in [6, 6.07) is 7.86. The molecule has 2 nitrogen and oxygen atoms in total. The van der Waals surface area contributed by atoms with E-state index in [1.54, 1.807) is 0 Å². The third kappa shape index (κ3) is 3.51. The molecule has 0 amide bonds. The van der Waals surface area contributed by atoms with E-state index in [0.717, 1.165) is 15.6 Å². The lowest BCUT2D eigenvalue weighted by molar-refractivity contribution is 0.496. The first-order valence-electron chi connectivity index (χ1n) is 6.29. The molecule has 0 radical (unpaired) electrons. The van der Waals surface area contributed by atoms with Gasteiger partial charge in [-0.15, -0.1) is 0 Å². The molecule has 0 saturated heterocycles. The van der Waals surface area contributed by atoms with Crippen molar-refractivity contribution in [2.75, 3.05) is 0 Å². The monoisotopic (exact) mass is 418 g/mol. The van der Waals surface area contributed by atoms with Gasteiger partial charge < -0.3 is 0 Å². The Balaban J connectivity index is 2.41. The van der Waals surface area contributed by atoms with Crippen LogP contribution >= 0.6 is 31.9 Å². The predicted octanol–water partition coefficient (Wildman–Crippen LogP) is 4.55. The van der Waals surface area contributed by atoms with Crippen molar-refractivity contribution in [1.29, 1.82) is 0 Å². The highest BCUT2D eigenvalue weighted by atomic mass is 79.9. The molecule has 0 aliphatic heterocycles. The Morgan fingerprint density at radius 2 is 1.86 bits per heavy atom. The van der Waals surface area contributed by atoms with Gasteiger partial charge in [-0.3, -0.25) is 11.3 Å². The standard InChI is InChI=1S/C15H14Br2F2N2/c1-8-9(3-2-4-11(8)16)14(21-20)7-10-13(18)6-5-12(17)15(10)19/h2-6,14,21H,7,20H2,1H3. The molecule has 6 heteroatoms. The molecule has 1 unspecified atom stereocenters. The SMILES string of the molecule is Cc1c(Br)cccc1C(Cc1c(F)ccc(Br)c1F)NN. The van der Waals surface area contributed by atoms with Crippen LogP contribution in [0.1, 0.15) is 22.7 Å². The Labute approximate surface area is 139 Å². The van der Waals surface area contributed by atoms with E-state index in [4.69, 9.17) is 5.84 Å². The lowest BCUT2D eigenvalue weighted by Gasteiger charge is -2.20. The fraction of sp³-hybridized carbons (Fsp3) is 0.200. The maximum Gasteiger partial charge on any atom is 0.143 e. The first-order chi connectivity index (χ1) is 9.95. The Morgan fingerprint density at radius 1 is 1.14 bits per heavy atom. The minimum absolute atomic E-state index is 0.00620. The molecule has 0 spiro atoms. The highest BCUT2D eigenvalue weighted by Crippen LogP contribution is 2.29. The smallest absolute Gasteiger partial charge is 0.143 e. The molecule has 0 heterocycles. The molecule has 0 bridgehead atoms. The highest BCUT2D eigenvalue weighted by molar-refractivity contribution is 9.10. The molecule has 0 saturated carbocycles.